The molecule has 1 saturated heterocycles. The van der Waals surface area contributed by atoms with Gasteiger partial charge in [0.15, 0.2) is 0 Å². The molecule has 2 heterocycles. The Bertz CT molecular complexity index is 528. The van der Waals surface area contributed by atoms with Crippen molar-refractivity contribution >= 4 is 44.9 Å². The second-order valence-corrected chi connectivity index (χ2v) is 5.02. The average molecular weight is 316 g/mol. The van der Waals surface area contributed by atoms with Gasteiger partial charge in [0.05, 0.1) is 11.1 Å². The number of alkyl halides is 1. The summed E-state index contributed by atoms with van der Waals surface area (Å²) < 4.78 is 0.334. The summed E-state index contributed by atoms with van der Waals surface area (Å²) in [5.74, 6) is 0.135. The van der Waals surface area contributed by atoms with Crippen molar-refractivity contribution in [2.75, 3.05) is 17.2 Å². The van der Waals surface area contributed by atoms with Crippen molar-refractivity contribution in [3.63, 3.8) is 0 Å². The van der Waals surface area contributed by atoms with Crippen LogP contribution in [0.1, 0.15) is 12.0 Å². The lowest BCUT2D eigenvalue weighted by molar-refractivity contribution is -0.117. The molecule has 0 aromatic carbocycles. The molecule has 0 bridgehead atoms. The fourth-order valence-electron chi connectivity index (χ4n) is 1.73. The second kappa shape index (κ2) is 4.51. The fourth-order valence-corrected chi connectivity index (χ4v) is 2.50. The number of carbonyl (C=O) groups is 1. The summed E-state index contributed by atoms with van der Waals surface area (Å²) in [6.07, 6.45) is 0.270. The zero-order valence-electron chi connectivity index (χ0n) is 8.65. The Morgan fingerprint density at radius 3 is 2.94 bits per heavy atom. The Kier molecular flexibility index (Phi) is 3.22. The number of hydrogen-bond donors (Lipinski definition) is 1. The Hall–Kier alpha value is -1.32. The lowest BCUT2D eigenvalue weighted by Gasteiger charge is -2.18. The van der Waals surface area contributed by atoms with Crippen LogP contribution in [-0.2, 0) is 4.79 Å². The Labute approximate surface area is 111 Å². The van der Waals surface area contributed by atoms with Gasteiger partial charge in [-0.2, -0.15) is 5.26 Å². The van der Waals surface area contributed by atoms with E-state index in [-0.39, 0.29) is 23.5 Å². The molecule has 5 nitrogen and oxygen atoms in total. The summed E-state index contributed by atoms with van der Waals surface area (Å²) in [5.41, 5.74) is 6.36. The molecule has 7 heteroatoms. The van der Waals surface area contributed by atoms with Gasteiger partial charge in [-0.15, -0.1) is 11.6 Å². The molecule has 1 amide bonds. The van der Waals surface area contributed by atoms with Gasteiger partial charge in [-0.05, 0) is 15.9 Å². The lowest BCUT2D eigenvalue weighted by atomic mass is 10.2. The van der Waals surface area contributed by atoms with Crippen molar-refractivity contribution in [3.05, 3.63) is 16.2 Å². The van der Waals surface area contributed by atoms with Gasteiger partial charge in [0.25, 0.3) is 0 Å². The van der Waals surface area contributed by atoms with Crippen LogP contribution in [0.5, 0.6) is 0 Å². The third kappa shape index (κ3) is 2.21. The van der Waals surface area contributed by atoms with E-state index in [1.54, 1.807) is 0 Å². The molecule has 0 spiro atoms. The summed E-state index contributed by atoms with van der Waals surface area (Å²) in [4.78, 5) is 17.1. The summed E-state index contributed by atoms with van der Waals surface area (Å²) in [6, 6.07) is 3.51. The van der Waals surface area contributed by atoms with Crippen LogP contribution < -0.4 is 10.6 Å². The standard InChI is InChI=1S/C10H8BrClN4O/c11-10-6(3-13)7(2-8(14)15-10)16-4-5(12)1-9(16)17/h2,5H,1,4H2,(H2,14,15). The monoisotopic (exact) mass is 314 g/mol. The van der Waals surface area contributed by atoms with Crippen LogP contribution in [0.3, 0.4) is 0 Å². The molecule has 17 heavy (non-hydrogen) atoms. The lowest BCUT2D eigenvalue weighted by Crippen LogP contribution is -2.26. The van der Waals surface area contributed by atoms with Crippen LogP contribution in [0, 0.1) is 11.3 Å². The molecular formula is C10H8BrClN4O. The fraction of sp³-hybridized carbons (Fsp3) is 0.300. The van der Waals surface area contributed by atoms with E-state index in [2.05, 4.69) is 20.9 Å². The Balaban J connectivity index is 2.52. The molecule has 1 unspecified atom stereocenters. The molecule has 1 aliphatic rings. The first kappa shape index (κ1) is 12.1. The van der Waals surface area contributed by atoms with Gasteiger partial charge in [-0.1, -0.05) is 0 Å². The maximum Gasteiger partial charge on any atom is 0.228 e. The van der Waals surface area contributed by atoms with E-state index in [0.29, 0.717) is 22.4 Å². The van der Waals surface area contributed by atoms with Gasteiger partial charge in [0, 0.05) is 19.0 Å². The zero-order chi connectivity index (χ0) is 12.6. The highest BCUT2D eigenvalue weighted by atomic mass is 79.9. The number of halogens is 2. The van der Waals surface area contributed by atoms with Crippen molar-refractivity contribution in [1.29, 1.82) is 5.26 Å². The molecule has 1 aliphatic heterocycles. The molecule has 1 aromatic heterocycles. The number of pyridine rings is 1. The van der Waals surface area contributed by atoms with E-state index in [9.17, 15) is 4.79 Å². The number of rotatable bonds is 1. The predicted octanol–water partition coefficient (Wildman–Crippen LogP) is 1.64. The van der Waals surface area contributed by atoms with Gasteiger partial charge >= 0.3 is 0 Å². The predicted molar refractivity (Wildman–Crippen MR) is 67.7 cm³/mol. The maximum absolute atomic E-state index is 11.7. The molecule has 0 saturated carbocycles. The molecule has 1 fully saturated rings. The smallest absolute Gasteiger partial charge is 0.228 e. The van der Waals surface area contributed by atoms with E-state index < -0.39 is 0 Å². The Morgan fingerprint density at radius 1 is 1.71 bits per heavy atom. The van der Waals surface area contributed by atoms with Gasteiger partial charge in [0.2, 0.25) is 5.91 Å². The van der Waals surface area contributed by atoms with Gasteiger partial charge in [-0.3, -0.25) is 4.79 Å². The van der Waals surface area contributed by atoms with Crippen LogP contribution >= 0.6 is 27.5 Å². The molecule has 0 aliphatic carbocycles. The number of nitrogens with two attached hydrogens (primary N) is 1. The van der Waals surface area contributed by atoms with Crippen molar-refractivity contribution in [1.82, 2.24) is 4.98 Å². The van der Waals surface area contributed by atoms with Crippen LogP contribution in [-0.4, -0.2) is 22.8 Å². The van der Waals surface area contributed by atoms with Crippen molar-refractivity contribution in [2.24, 2.45) is 0 Å². The van der Waals surface area contributed by atoms with Crippen molar-refractivity contribution in [3.8, 4) is 6.07 Å². The van der Waals surface area contributed by atoms with Crippen molar-refractivity contribution in [2.45, 2.75) is 11.8 Å². The van der Waals surface area contributed by atoms with Crippen LogP contribution in [0.15, 0.2) is 10.7 Å². The molecule has 88 valence electrons. The second-order valence-electron chi connectivity index (χ2n) is 3.65. The van der Waals surface area contributed by atoms with E-state index in [1.807, 2.05) is 6.07 Å². The molecule has 2 N–H and O–H groups in total. The van der Waals surface area contributed by atoms with Crippen LogP contribution in [0.2, 0.25) is 0 Å². The zero-order valence-corrected chi connectivity index (χ0v) is 11.0. The van der Waals surface area contributed by atoms with E-state index >= 15 is 0 Å². The normalized spacial score (nSPS) is 19.5. The molecule has 1 aromatic rings. The summed E-state index contributed by atoms with van der Waals surface area (Å²) >= 11 is 9.08. The minimum Gasteiger partial charge on any atom is -0.384 e. The highest BCUT2D eigenvalue weighted by Gasteiger charge is 2.31. The number of amides is 1. The van der Waals surface area contributed by atoms with E-state index in [1.165, 1.54) is 11.0 Å². The molecular weight excluding hydrogens is 307 g/mol. The first-order chi connectivity index (χ1) is 8.02. The largest absolute Gasteiger partial charge is 0.384 e. The first-order valence-corrected chi connectivity index (χ1v) is 6.06. The third-order valence-corrected chi connectivity index (χ3v) is 3.32. The van der Waals surface area contributed by atoms with Crippen molar-refractivity contribution < 1.29 is 4.79 Å². The number of anilines is 2. The summed E-state index contributed by atoms with van der Waals surface area (Å²) in [7, 11) is 0. The summed E-state index contributed by atoms with van der Waals surface area (Å²) in [5, 5.41) is 8.84. The molecule has 1 atom stereocenters. The van der Waals surface area contributed by atoms with Gasteiger partial charge < -0.3 is 10.6 Å². The maximum atomic E-state index is 11.7. The number of nitriles is 1. The minimum atomic E-state index is -0.234. The van der Waals surface area contributed by atoms with Crippen LogP contribution in [0.25, 0.3) is 0 Å². The molecule has 0 radical (unpaired) electrons. The quantitative estimate of drug-likeness (QED) is 0.631. The number of nitrogen functional groups attached to an aromatic ring is 1. The Morgan fingerprint density at radius 2 is 2.41 bits per heavy atom. The van der Waals surface area contributed by atoms with E-state index in [4.69, 9.17) is 22.6 Å². The van der Waals surface area contributed by atoms with Gasteiger partial charge in [0.1, 0.15) is 22.1 Å². The van der Waals surface area contributed by atoms with Gasteiger partial charge in [-0.25, -0.2) is 4.98 Å². The number of carbonyl (C=O) groups excluding carboxylic acids is 1. The average Bonchev–Trinajstić information content (AvgIpc) is 2.56. The van der Waals surface area contributed by atoms with E-state index in [0.717, 1.165) is 0 Å². The topological polar surface area (TPSA) is 83.0 Å². The SMILES string of the molecule is N#Cc1c(N2CC(Cl)CC2=O)cc(N)nc1Br. The number of hydrogen-bond acceptors (Lipinski definition) is 4. The first-order valence-electron chi connectivity index (χ1n) is 4.83. The summed E-state index contributed by atoms with van der Waals surface area (Å²) in [6.45, 7) is 0.380. The highest BCUT2D eigenvalue weighted by Crippen LogP contribution is 2.31. The number of aromatic nitrogens is 1. The third-order valence-electron chi connectivity index (χ3n) is 2.45. The number of nitrogens with zero attached hydrogens (tertiary/aromatic N) is 3. The highest BCUT2D eigenvalue weighted by molar-refractivity contribution is 9.10. The molecule has 2 rings (SSSR count). The minimum absolute atomic E-state index is 0.112. The van der Waals surface area contributed by atoms with Crippen LogP contribution in [0.4, 0.5) is 11.5 Å².